The van der Waals surface area contributed by atoms with E-state index >= 15 is 0 Å². The van der Waals surface area contributed by atoms with Gasteiger partial charge >= 0.3 is 0 Å². The second-order valence-electron chi connectivity index (χ2n) is 5.47. The van der Waals surface area contributed by atoms with Crippen LogP contribution in [0.5, 0.6) is 11.6 Å². The van der Waals surface area contributed by atoms with E-state index in [1.165, 1.54) is 24.3 Å². The Labute approximate surface area is 153 Å². The minimum Gasteiger partial charge on any atom is -0.439 e. The van der Waals surface area contributed by atoms with Gasteiger partial charge in [0, 0.05) is 24.7 Å². The average Bonchev–Trinajstić information content (AvgIpc) is 3.04. The molecule has 26 heavy (non-hydrogen) atoms. The van der Waals surface area contributed by atoms with E-state index < -0.39 is 0 Å². The monoisotopic (exact) mass is 369 g/mol. The van der Waals surface area contributed by atoms with Crippen molar-refractivity contribution in [3.8, 4) is 11.6 Å². The summed E-state index contributed by atoms with van der Waals surface area (Å²) in [5.41, 5.74) is 1.63. The summed E-state index contributed by atoms with van der Waals surface area (Å²) in [5, 5.41) is 3.74. The number of fused-ring (bicyclic) bond motifs is 1. The van der Waals surface area contributed by atoms with E-state index in [4.69, 9.17) is 16.3 Å². The third-order valence-electron chi connectivity index (χ3n) is 3.56. The Kier molecular flexibility index (Phi) is 4.37. The van der Waals surface area contributed by atoms with E-state index in [1.807, 2.05) is 16.7 Å². The molecule has 0 saturated carbocycles. The summed E-state index contributed by atoms with van der Waals surface area (Å²) in [5.74, 6) is 0.931. The number of hydrogen-bond donors (Lipinski definition) is 1. The maximum absolute atomic E-state index is 12.9. The van der Waals surface area contributed by atoms with Crippen LogP contribution in [0.2, 0.25) is 5.02 Å². The minimum atomic E-state index is -0.323. The number of aromatic nitrogens is 4. The van der Waals surface area contributed by atoms with Crippen LogP contribution in [0.1, 0.15) is 5.69 Å². The van der Waals surface area contributed by atoms with Crippen LogP contribution in [0, 0.1) is 5.82 Å². The predicted molar refractivity (Wildman–Crippen MR) is 96.0 cm³/mol. The summed E-state index contributed by atoms with van der Waals surface area (Å²) in [6.07, 6.45) is 5.26. The molecular weight excluding hydrogens is 357 g/mol. The summed E-state index contributed by atoms with van der Waals surface area (Å²) in [6, 6.07) is 11.0. The molecule has 1 aromatic carbocycles. The highest BCUT2D eigenvalue weighted by Gasteiger charge is 2.05. The Balaban J connectivity index is 1.45. The van der Waals surface area contributed by atoms with Gasteiger partial charge in [0.25, 0.3) is 0 Å². The molecule has 4 aromatic rings. The SMILES string of the molecule is Fc1ccc(Oc2ccnc(NCc3cn4cc(Cl)ccc4n3)n2)cc1. The fraction of sp³-hybridized carbons (Fsp3) is 0.0556. The van der Waals surface area contributed by atoms with E-state index in [9.17, 15) is 4.39 Å². The Morgan fingerprint density at radius 3 is 2.73 bits per heavy atom. The first-order chi connectivity index (χ1) is 12.7. The fourth-order valence-corrected chi connectivity index (χ4v) is 2.55. The van der Waals surface area contributed by atoms with Crippen molar-refractivity contribution in [1.29, 1.82) is 0 Å². The highest BCUT2D eigenvalue weighted by Crippen LogP contribution is 2.20. The summed E-state index contributed by atoms with van der Waals surface area (Å²) in [6.45, 7) is 0.444. The van der Waals surface area contributed by atoms with Gasteiger partial charge in [0.1, 0.15) is 17.2 Å². The number of rotatable bonds is 5. The summed E-state index contributed by atoms with van der Waals surface area (Å²) in [4.78, 5) is 12.9. The van der Waals surface area contributed by atoms with E-state index in [0.717, 1.165) is 11.3 Å². The molecule has 0 aliphatic rings. The molecule has 0 amide bonds. The van der Waals surface area contributed by atoms with Gasteiger partial charge in [-0.3, -0.25) is 0 Å². The Bertz CT molecular complexity index is 1050. The van der Waals surface area contributed by atoms with Crippen LogP contribution in [0.4, 0.5) is 10.3 Å². The van der Waals surface area contributed by atoms with Gasteiger partial charge in [-0.1, -0.05) is 11.6 Å². The Hall–Kier alpha value is -3.19. The standard InChI is InChI=1S/C18H13ClFN5O/c19-12-1-6-16-23-14(11-25(16)10-12)9-22-18-21-8-7-17(24-18)26-15-4-2-13(20)3-5-15/h1-8,10-11H,9H2,(H,21,22,24). The van der Waals surface area contributed by atoms with E-state index in [1.54, 1.807) is 24.5 Å². The largest absolute Gasteiger partial charge is 0.439 e. The summed E-state index contributed by atoms with van der Waals surface area (Å²) >= 11 is 5.97. The summed E-state index contributed by atoms with van der Waals surface area (Å²) in [7, 11) is 0. The van der Waals surface area contributed by atoms with Gasteiger partial charge in [-0.15, -0.1) is 0 Å². The molecule has 6 nitrogen and oxygen atoms in total. The van der Waals surface area contributed by atoms with Crippen LogP contribution < -0.4 is 10.1 Å². The van der Waals surface area contributed by atoms with E-state index in [0.29, 0.717) is 29.1 Å². The fourth-order valence-electron chi connectivity index (χ4n) is 2.38. The third kappa shape index (κ3) is 3.73. The number of hydrogen-bond acceptors (Lipinski definition) is 5. The molecule has 0 aliphatic heterocycles. The molecule has 0 saturated heterocycles. The lowest BCUT2D eigenvalue weighted by Crippen LogP contribution is -2.04. The number of nitrogens with one attached hydrogen (secondary N) is 1. The first-order valence-corrected chi connectivity index (χ1v) is 8.17. The Morgan fingerprint density at radius 1 is 1.04 bits per heavy atom. The quantitative estimate of drug-likeness (QED) is 0.567. The van der Waals surface area contributed by atoms with Crippen LogP contribution in [-0.4, -0.2) is 19.4 Å². The smallest absolute Gasteiger partial charge is 0.226 e. The number of halogens is 2. The normalized spacial score (nSPS) is 10.8. The van der Waals surface area contributed by atoms with Gasteiger partial charge in [0.05, 0.1) is 17.3 Å². The molecule has 4 rings (SSSR count). The first-order valence-electron chi connectivity index (χ1n) is 7.79. The number of benzene rings is 1. The number of imidazole rings is 1. The van der Waals surface area contributed by atoms with Crippen molar-refractivity contribution in [3.05, 3.63) is 77.6 Å². The van der Waals surface area contributed by atoms with Crippen molar-refractivity contribution in [2.24, 2.45) is 0 Å². The third-order valence-corrected chi connectivity index (χ3v) is 3.78. The van der Waals surface area contributed by atoms with Gasteiger partial charge in [-0.05, 0) is 36.4 Å². The van der Waals surface area contributed by atoms with Crippen LogP contribution in [0.25, 0.3) is 5.65 Å². The van der Waals surface area contributed by atoms with Gasteiger partial charge in [-0.25, -0.2) is 14.4 Å². The molecule has 0 atom stereocenters. The lowest BCUT2D eigenvalue weighted by atomic mass is 10.3. The number of ether oxygens (including phenoxy) is 1. The maximum Gasteiger partial charge on any atom is 0.226 e. The second kappa shape index (κ2) is 6.97. The maximum atomic E-state index is 12.9. The van der Waals surface area contributed by atoms with Crippen LogP contribution in [-0.2, 0) is 6.54 Å². The predicted octanol–water partition coefficient (Wildman–Crippen LogP) is 4.32. The molecule has 3 heterocycles. The topological polar surface area (TPSA) is 64.3 Å². The molecule has 0 fully saturated rings. The molecule has 0 bridgehead atoms. The molecular formula is C18H13ClFN5O. The van der Waals surface area contributed by atoms with Crippen molar-refractivity contribution < 1.29 is 9.13 Å². The Morgan fingerprint density at radius 2 is 1.88 bits per heavy atom. The van der Waals surface area contributed by atoms with Crippen molar-refractivity contribution in [2.75, 3.05) is 5.32 Å². The minimum absolute atomic E-state index is 0.323. The molecule has 1 N–H and O–H groups in total. The van der Waals surface area contributed by atoms with Crippen LogP contribution in [0.3, 0.4) is 0 Å². The highest BCUT2D eigenvalue weighted by molar-refractivity contribution is 6.30. The first kappa shape index (κ1) is 16.3. The molecule has 0 spiro atoms. The van der Waals surface area contributed by atoms with Gasteiger partial charge < -0.3 is 14.5 Å². The van der Waals surface area contributed by atoms with Crippen molar-refractivity contribution in [3.63, 3.8) is 0 Å². The van der Waals surface area contributed by atoms with Gasteiger partial charge in [-0.2, -0.15) is 4.98 Å². The molecule has 0 aliphatic carbocycles. The molecule has 0 unspecified atom stereocenters. The van der Waals surface area contributed by atoms with E-state index in [2.05, 4.69) is 20.3 Å². The number of nitrogens with zero attached hydrogens (tertiary/aromatic N) is 4. The van der Waals surface area contributed by atoms with Crippen LogP contribution in [0.15, 0.2) is 61.1 Å². The highest BCUT2D eigenvalue weighted by atomic mass is 35.5. The van der Waals surface area contributed by atoms with Crippen molar-refractivity contribution in [1.82, 2.24) is 19.4 Å². The van der Waals surface area contributed by atoms with Gasteiger partial charge in [0.2, 0.25) is 11.8 Å². The molecule has 130 valence electrons. The number of pyridine rings is 1. The van der Waals surface area contributed by atoms with Crippen molar-refractivity contribution >= 4 is 23.2 Å². The van der Waals surface area contributed by atoms with Crippen molar-refractivity contribution in [2.45, 2.75) is 6.54 Å². The average molecular weight is 370 g/mol. The molecule has 3 aromatic heterocycles. The van der Waals surface area contributed by atoms with Gasteiger partial charge in [0.15, 0.2) is 0 Å². The lowest BCUT2D eigenvalue weighted by molar-refractivity contribution is 0.460. The second-order valence-corrected chi connectivity index (χ2v) is 5.91. The number of anilines is 1. The zero-order valence-corrected chi connectivity index (χ0v) is 14.2. The molecule has 8 heteroatoms. The zero-order chi connectivity index (χ0) is 17.9. The molecule has 0 radical (unpaired) electrons. The van der Waals surface area contributed by atoms with E-state index in [-0.39, 0.29) is 5.82 Å². The van der Waals surface area contributed by atoms with Crippen LogP contribution >= 0.6 is 11.6 Å². The lowest BCUT2D eigenvalue weighted by Gasteiger charge is -2.06. The summed E-state index contributed by atoms with van der Waals surface area (Å²) < 4.78 is 20.4. The zero-order valence-electron chi connectivity index (χ0n) is 13.4.